The third kappa shape index (κ3) is 2.84. The van der Waals surface area contributed by atoms with Gasteiger partial charge in [-0.25, -0.2) is 4.79 Å². The predicted octanol–water partition coefficient (Wildman–Crippen LogP) is 2.24. The zero-order chi connectivity index (χ0) is 11.8. The molecule has 0 spiro atoms. The Morgan fingerprint density at radius 2 is 2.06 bits per heavy atom. The molecule has 0 aliphatic heterocycles. The summed E-state index contributed by atoms with van der Waals surface area (Å²) in [6, 6.07) is 0.268. The van der Waals surface area contributed by atoms with Crippen LogP contribution in [0.15, 0.2) is 17.2 Å². The summed E-state index contributed by atoms with van der Waals surface area (Å²) >= 11 is -0.0986. The lowest BCUT2D eigenvalue weighted by molar-refractivity contribution is -0.0328. The summed E-state index contributed by atoms with van der Waals surface area (Å²) in [5, 5.41) is 0. The topological polar surface area (TPSA) is 26.9 Å². The molecule has 0 saturated heterocycles. The van der Waals surface area contributed by atoms with E-state index in [0.717, 1.165) is 12.8 Å². The van der Waals surface area contributed by atoms with Gasteiger partial charge in [0.25, 0.3) is 0 Å². The zero-order valence-electron chi connectivity index (χ0n) is 8.41. The summed E-state index contributed by atoms with van der Waals surface area (Å²) in [6.07, 6.45) is 5.18. The van der Waals surface area contributed by atoms with Crippen molar-refractivity contribution in [3.8, 4) is 0 Å². The highest BCUT2D eigenvalue weighted by Crippen LogP contribution is 2.33. The van der Waals surface area contributed by atoms with Crippen LogP contribution in [0.4, 0.5) is 13.2 Å². The molecule has 16 heavy (non-hydrogen) atoms. The molecular weight excluding hydrogens is 241 g/mol. The standard InChI is InChI=1S/C9H11F3N2OS/c10-9(11,12)16-6-5-13-3-4-14(8(13)15)7-1-2-7/h3-4,7H,1-2,5-6H2. The molecular formula is C9H11F3N2OS. The van der Waals surface area contributed by atoms with Crippen molar-refractivity contribution < 1.29 is 13.2 Å². The number of imidazole rings is 1. The van der Waals surface area contributed by atoms with Crippen LogP contribution < -0.4 is 5.69 Å². The van der Waals surface area contributed by atoms with E-state index >= 15 is 0 Å². The Labute approximate surface area is 94.2 Å². The molecule has 90 valence electrons. The van der Waals surface area contributed by atoms with Crippen LogP contribution in [-0.4, -0.2) is 20.4 Å². The molecule has 1 aliphatic rings. The van der Waals surface area contributed by atoms with Gasteiger partial charge in [-0.2, -0.15) is 13.2 Å². The van der Waals surface area contributed by atoms with E-state index in [1.54, 1.807) is 17.0 Å². The van der Waals surface area contributed by atoms with Gasteiger partial charge in [-0.05, 0) is 24.6 Å². The highest BCUT2D eigenvalue weighted by atomic mass is 32.2. The number of thioether (sulfide) groups is 1. The van der Waals surface area contributed by atoms with Gasteiger partial charge in [0, 0.05) is 30.7 Å². The third-order valence-corrected chi connectivity index (χ3v) is 3.13. The molecule has 1 fully saturated rings. The fourth-order valence-corrected chi connectivity index (χ4v) is 2.01. The highest BCUT2D eigenvalue weighted by molar-refractivity contribution is 8.00. The van der Waals surface area contributed by atoms with Crippen molar-refractivity contribution in [2.75, 3.05) is 5.75 Å². The van der Waals surface area contributed by atoms with E-state index in [2.05, 4.69) is 0 Å². The van der Waals surface area contributed by atoms with Gasteiger partial charge >= 0.3 is 11.2 Å². The summed E-state index contributed by atoms with van der Waals surface area (Å²) in [7, 11) is 0. The van der Waals surface area contributed by atoms with Gasteiger partial charge in [-0.1, -0.05) is 0 Å². The molecule has 1 aromatic rings. The van der Waals surface area contributed by atoms with Crippen molar-refractivity contribution in [1.82, 2.24) is 9.13 Å². The SMILES string of the molecule is O=c1n(CCSC(F)(F)F)ccn1C1CC1. The van der Waals surface area contributed by atoms with Crippen molar-refractivity contribution in [2.45, 2.75) is 30.9 Å². The van der Waals surface area contributed by atoms with Crippen molar-refractivity contribution in [3.05, 3.63) is 22.9 Å². The van der Waals surface area contributed by atoms with Gasteiger partial charge in [0.1, 0.15) is 0 Å². The molecule has 0 amide bonds. The van der Waals surface area contributed by atoms with E-state index < -0.39 is 5.51 Å². The Morgan fingerprint density at radius 1 is 1.38 bits per heavy atom. The summed E-state index contributed by atoms with van der Waals surface area (Å²) < 4.78 is 38.5. The molecule has 1 heterocycles. The van der Waals surface area contributed by atoms with Crippen LogP contribution in [0.3, 0.4) is 0 Å². The van der Waals surface area contributed by atoms with Gasteiger partial charge < -0.3 is 0 Å². The van der Waals surface area contributed by atoms with Gasteiger partial charge in [-0.15, -0.1) is 0 Å². The lowest BCUT2D eigenvalue weighted by atomic mass is 10.7. The minimum atomic E-state index is -4.22. The van der Waals surface area contributed by atoms with E-state index in [9.17, 15) is 18.0 Å². The Kier molecular flexibility index (Phi) is 3.05. The first-order valence-electron chi connectivity index (χ1n) is 4.95. The smallest absolute Gasteiger partial charge is 0.298 e. The molecule has 1 aromatic heterocycles. The average Bonchev–Trinajstić information content (AvgIpc) is 2.93. The lowest BCUT2D eigenvalue weighted by Gasteiger charge is -2.05. The van der Waals surface area contributed by atoms with Crippen LogP contribution in [0.5, 0.6) is 0 Å². The first-order valence-corrected chi connectivity index (χ1v) is 5.94. The van der Waals surface area contributed by atoms with E-state index in [1.165, 1.54) is 4.57 Å². The Hall–Kier alpha value is -0.850. The van der Waals surface area contributed by atoms with Crippen molar-refractivity contribution in [1.29, 1.82) is 0 Å². The van der Waals surface area contributed by atoms with Crippen LogP contribution >= 0.6 is 11.8 Å². The average molecular weight is 252 g/mol. The maximum atomic E-state index is 11.9. The normalized spacial score (nSPS) is 16.7. The van der Waals surface area contributed by atoms with Gasteiger partial charge in [0.05, 0.1) is 0 Å². The van der Waals surface area contributed by atoms with E-state index in [4.69, 9.17) is 0 Å². The van der Waals surface area contributed by atoms with Crippen molar-refractivity contribution in [3.63, 3.8) is 0 Å². The van der Waals surface area contributed by atoms with Crippen LogP contribution in [0.25, 0.3) is 0 Å². The first kappa shape index (κ1) is 11.6. The molecule has 3 nitrogen and oxygen atoms in total. The number of hydrogen-bond acceptors (Lipinski definition) is 2. The Balaban J connectivity index is 1.92. The molecule has 0 bridgehead atoms. The lowest BCUT2D eigenvalue weighted by Crippen LogP contribution is -2.24. The molecule has 0 aromatic carbocycles. The summed E-state index contributed by atoms with van der Waals surface area (Å²) in [6.45, 7) is 0.0999. The van der Waals surface area contributed by atoms with E-state index in [-0.39, 0.29) is 35.8 Å². The number of hydrogen-bond donors (Lipinski definition) is 0. The molecule has 0 unspecified atom stereocenters. The number of halogens is 3. The largest absolute Gasteiger partial charge is 0.441 e. The monoisotopic (exact) mass is 252 g/mol. The second-order valence-electron chi connectivity index (χ2n) is 3.71. The Bertz CT molecular complexity index is 419. The summed E-state index contributed by atoms with van der Waals surface area (Å²) in [5.74, 6) is -0.127. The van der Waals surface area contributed by atoms with Crippen LogP contribution in [0.2, 0.25) is 0 Å². The van der Waals surface area contributed by atoms with Gasteiger partial charge in [0.15, 0.2) is 0 Å². The molecule has 7 heteroatoms. The molecule has 0 atom stereocenters. The molecule has 0 N–H and O–H groups in total. The minimum Gasteiger partial charge on any atom is -0.298 e. The number of aromatic nitrogens is 2. The maximum Gasteiger partial charge on any atom is 0.441 e. The molecule has 1 saturated carbocycles. The third-order valence-electron chi connectivity index (χ3n) is 2.41. The van der Waals surface area contributed by atoms with Crippen LogP contribution in [0.1, 0.15) is 18.9 Å². The van der Waals surface area contributed by atoms with Gasteiger partial charge in [0.2, 0.25) is 0 Å². The summed E-state index contributed by atoms with van der Waals surface area (Å²) in [4.78, 5) is 11.6. The molecule has 2 rings (SSSR count). The number of rotatable bonds is 4. The quantitative estimate of drug-likeness (QED) is 0.821. The first-order chi connectivity index (χ1) is 7.47. The van der Waals surface area contributed by atoms with Gasteiger partial charge in [-0.3, -0.25) is 9.13 Å². The number of alkyl halides is 3. The number of nitrogens with zero attached hydrogens (tertiary/aromatic N) is 2. The van der Waals surface area contributed by atoms with E-state index in [1.807, 2.05) is 0 Å². The molecule has 1 aliphatic carbocycles. The van der Waals surface area contributed by atoms with Crippen molar-refractivity contribution >= 4 is 11.8 Å². The minimum absolute atomic E-state index is 0.0986. The van der Waals surface area contributed by atoms with Crippen LogP contribution in [0, 0.1) is 0 Å². The zero-order valence-corrected chi connectivity index (χ0v) is 9.22. The summed E-state index contributed by atoms with van der Waals surface area (Å²) in [5.41, 5.74) is -4.42. The number of aryl methyl sites for hydroxylation is 1. The molecule has 0 radical (unpaired) electrons. The fraction of sp³-hybridized carbons (Fsp3) is 0.667. The van der Waals surface area contributed by atoms with Crippen molar-refractivity contribution in [2.24, 2.45) is 0 Å². The second kappa shape index (κ2) is 4.20. The maximum absolute atomic E-state index is 11.9. The Morgan fingerprint density at radius 3 is 2.62 bits per heavy atom. The fourth-order valence-electron chi connectivity index (χ4n) is 1.49. The predicted molar refractivity (Wildman–Crippen MR) is 55.5 cm³/mol. The van der Waals surface area contributed by atoms with E-state index in [0.29, 0.717) is 0 Å². The highest BCUT2D eigenvalue weighted by Gasteiger charge is 2.28. The second-order valence-corrected chi connectivity index (χ2v) is 4.87. The van der Waals surface area contributed by atoms with Crippen LogP contribution in [-0.2, 0) is 6.54 Å².